The number of hydrogen-bond donors (Lipinski definition) is 1. The second kappa shape index (κ2) is 8.07. The molecule has 6 nitrogen and oxygen atoms in total. The quantitative estimate of drug-likeness (QED) is 0.902. The second-order valence-corrected chi connectivity index (χ2v) is 6.52. The van der Waals surface area contributed by atoms with Gasteiger partial charge in [-0.3, -0.25) is 9.88 Å². The standard InChI is InChI=1S/C19H24N4O2/c1-22(14-16-5-2-3-10-20-16)17-6-4-11-23(12-9-17)18-8-7-15(13-21-18)19(24)25/h2-3,5,7-8,10,13,17H,4,6,9,11-12,14H2,1H3,(H,24,25). The van der Waals surface area contributed by atoms with Crippen molar-refractivity contribution in [1.82, 2.24) is 14.9 Å². The van der Waals surface area contributed by atoms with Crippen molar-refractivity contribution in [2.75, 3.05) is 25.0 Å². The highest BCUT2D eigenvalue weighted by Gasteiger charge is 2.21. The highest BCUT2D eigenvalue weighted by Crippen LogP contribution is 2.21. The van der Waals surface area contributed by atoms with E-state index < -0.39 is 5.97 Å². The zero-order valence-electron chi connectivity index (χ0n) is 14.5. The van der Waals surface area contributed by atoms with Gasteiger partial charge in [-0.05, 0) is 50.6 Å². The summed E-state index contributed by atoms with van der Waals surface area (Å²) in [6, 6.07) is 9.98. The van der Waals surface area contributed by atoms with E-state index >= 15 is 0 Å². The smallest absolute Gasteiger partial charge is 0.337 e. The fraction of sp³-hybridized carbons (Fsp3) is 0.421. The van der Waals surface area contributed by atoms with Crippen molar-refractivity contribution in [3.05, 3.63) is 54.0 Å². The molecule has 0 aromatic carbocycles. The molecule has 0 saturated carbocycles. The SMILES string of the molecule is CN(Cc1ccccn1)C1CCCN(c2ccc(C(=O)O)cn2)CC1. The second-order valence-electron chi connectivity index (χ2n) is 6.52. The first-order valence-electron chi connectivity index (χ1n) is 8.68. The van der Waals surface area contributed by atoms with E-state index in [4.69, 9.17) is 5.11 Å². The summed E-state index contributed by atoms with van der Waals surface area (Å²) in [7, 11) is 2.16. The number of carbonyl (C=O) groups is 1. The highest BCUT2D eigenvalue weighted by molar-refractivity contribution is 5.87. The molecule has 0 spiro atoms. The van der Waals surface area contributed by atoms with E-state index in [1.807, 2.05) is 18.3 Å². The molecule has 0 aliphatic carbocycles. The lowest BCUT2D eigenvalue weighted by Crippen LogP contribution is -2.33. The molecule has 1 N–H and O–H groups in total. The van der Waals surface area contributed by atoms with Crippen LogP contribution in [-0.4, -0.2) is 52.1 Å². The third-order valence-electron chi connectivity index (χ3n) is 4.78. The first kappa shape index (κ1) is 17.4. The molecular formula is C19H24N4O2. The van der Waals surface area contributed by atoms with Crippen LogP contribution in [0.15, 0.2) is 42.7 Å². The van der Waals surface area contributed by atoms with Gasteiger partial charge in [0.2, 0.25) is 0 Å². The van der Waals surface area contributed by atoms with E-state index in [9.17, 15) is 4.79 Å². The van der Waals surface area contributed by atoms with Crippen LogP contribution in [0.1, 0.15) is 35.3 Å². The minimum Gasteiger partial charge on any atom is -0.478 e. The average molecular weight is 340 g/mol. The van der Waals surface area contributed by atoms with Gasteiger partial charge in [0, 0.05) is 38.1 Å². The van der Waals surface area contributed by atoms with Gasteiger partial charge in [-0.1, -0.05) is 6.07 Å². The molecule has 1 aliphatic heterocycles. The molecule has 1 aliphatic rings. The molecule has 25 heavy (non-hydrogen) atoms. The summed E-state index contributed by atoms with van der Waals surface area (Å²) in [6.45, 7) is 2.74. The van der Waals surface area contributed by atoms with E-state index in [0.29, 0.717) is 6.04 Å². The van der Waals surface area contributed by atoms with Crippen LogP contribution in [-0.2, 0) is 6.54 Å². The van der Waals surface area contributed by atoms with Crippen LogP contribution in [0.5, 0.6) is 0 Å². The summed E-state index contributed by atoms with van der Waals surface area (Å²) < 4.78 is 0. The maximum absolute atomic E-state index is 10.9. The Labute approximate surface area is 148 Å². The molecule has 1 fully saturated rings. The lowest BCUT2D eigenvalue weighted by Gasteiger charge is -2.27. The number of pyridine rings is 2. The van der Waals surface area contributed by atoms with Gasteiger partial charge >= 0.3 is 5.97 Å². The zero-order chi connectivity index (χ0) is 17.6. The molecule has 3 heterocycles. The largest absolute Gasteiger partial charge is 0.478 e. The Morgan fingerprint density at radius 3 is 2.80 bits per heavy atom. The molecule has 6 heteroatoms. The molecule has 1 saturated heterocycles. The molecule has 132 valence electrons. The van der Waals surface area contributed by atoms with Crippen LogP contribution in [0.25, 0.3) is 0 Å². The molecule has 0 radical (unpaired) electrons. The Kier molecular flexibility index (Phi) is 5.60. The van der Waals surface area contributed by atoms with E-state index in [-0.39, 0.29) is 5.56 Å². The maximum atomic E-state index is 10.9. The van der Waals surface area contributed by atoms with Crippen molar-refractivity contribution < 1.29 is 9.90 Å². The molecule has 0 amide bonds. The summed E-state index contributed by atoms with van der Waals surface area (Å²) >= 11 is 0. The van der Waals surface area contributed by atoms with Crippen molar-refractivity contribution >= 4 is 11.8 Å². The molecular weight excluding hydrogens is 316 g/mol. The van der Waals surface area contributed by atoms with E-state index in [1.165, 1.54) is 6.20 Å². The van der Waals surface area contributed by atoms with E-state index in [0.717, 1.165) is 50.4 Å². The van der Waals surface area contributed by atoms with Crippen molar-refractivity contribution in [3.8, 4) is 0 Å². The number of carboxylic acid groups (broad SMARTS) is 1. The van der Waals surface area contributed by atoms with Gasteiger partial charge in [-0.25, -0.2) is 9.78 Å². The molecule has 0 bridgehead atoms. The zero-order valence-corrected chi connectivity index (χ0v) is 14.5. The fourth-order valence-corrected chi connectivity index (χ4v) is 3.32. The summed E-state index contributed by atoms with van der Waals surface area (Å²) in [4.78, 5) is 24.3. The Morgan fingerprint density at radius 1 is 1.24 bits per heavy atom. The minimum atomic E-state index is -0.939. The molecule has 3 rings (SSSR count). The minimum absolute atomic E-state index is 0.228. The maximum Gasteiger partial charge on any atom is 0.337 e. The van der Waals surface area contributed by atoms with Crippen molar-refractivity contribution in [2.24, 2.45) is 0 Å². The fourth-order valence-electron chi connectivity index (χ4n) is 3.32. The van der Waals surface area contributed by atoms with Crippen LogP contribution in [0.4, 0.5) is 5.82 Å². The van der Waals surface area contributed by atoms with Crippen LogP contribution in [0, 0.1) is 0 Å². The Morgan fingerprint density at radius 2 is 2.12 bits per heavy atom. The Balaban J connectivity index is 1.59. The van der Waals surface area contributed by atoms with Gasteiger partial charge in [0.25, 0.3) is 0 Å². The lowest BCUT2D eigenvalue weighted by molar-refractivity contribution is 0.0696. The number of rotatable bonds is 5. The van der Waals surface area contributed by atoms with E-state index in [2.05, 4.69) is 32.9 Å². The Hall–Kier alpha value is -2.47. The summed E-state index contributed by atoms with van der Waals surface area (Å²) in [5.74, 6) is -0.0795. The van der Waals surface area contributed by atoms with Gasteiger partial charge in [0.05, 0.1) is 11.3 Å². The number of carboxylic acids is 1. The normalized spacial score (nSPS) is 18.2. The summed E-state index contributed by atoms with van der Waals surface area (Å²) in [5.41, 5.74) is 1.32. The van der Waals surface area contributed by atoms with Gasteiger partial charge in [0.1, 0.15) is 5.82 Å². The average Bonchev–Trinajstić information content (AvgIpc) is 2.89. The predicted molar refractivity (Wildman–Crippen MR) is 96.8 cm³/mol. The third-order valence-corrected chi connectivity index (χ3v) is 4.78. The first-order valence-corrected chi connectivity index (χ1v) is 8.68. The number of anilines is 1. The van der Waals surface area contributed by atoms with Crippen molar-refractivity contribution in [1.29, 1.82) is 0 Å². The number of aromatic carboxylic acids is 1. The molecule has 1 atom stereocenters. The van der Waals surface area contributed by atoms with E-state index in [1.54, 1.807) is 12.1 Å². The topological polar surface area (TPSA) is 69.6 Å². The van der Waals surface area contributed by atoms with Gasteiger partial charge in [-0.2, -0.15) is 0 Å². The molecule has 2 aromatic rings. The highest BCUT2D eigenvalue weighted by atomic mass is 16.4. The van der Waals surface area contributed by atoms with Crippen LogP contribution in [0.3, 0.4) is 0 Å². The number of aromatic nitrogens is 2. The van der Waals surface area contributed by atoms with Gasteiger partial charge in [-0.15, -0.1) is 0 Å². The van der Waals surface area contributed by atoms with Gasteiger partial charge < -0.3 is 10.0 Å². The monoisotopic (exact) mass is 340 g/mol. The van der Waals surface area contributed by atoms with Gasteiger partial charge in [0.15, 0.2) is 0 Å². The van der Waals surface area contributed by atoms with Crippen molar-refractivity contribution in [3.63, 3.8) is 0 Å². The first-order chi connectivity index (χ1) is 12.1. The summed E-state index contributed by atoms with van der Waals surface area (Å²) in [6.07, 6.45) is 6.58. The third kappa shape index (κ3) is 4.54. The van der Waals surface area contributed by atoms with Crippen LogP contribution < -0.4 is 4.90 Å². The lowest BCUT2D eigenvalue weighted by atomic mass is 10.1. The predicted octanol–water partition coefficient (Wildman–Crippen LogP) is 2.67. The molecule has 2 aromatic heterocycles. The Bertz CT molecular complexity index is 690. The molecule has 1 unspecified atom stereocenters. The number of nitrogens with zero attached hydrogens (tertiary/aromatic N) is 4. The van der Waals surface area contributed by atoms with Crippen LogP contribution >= 0.6 is 0 Å². The van der Waals surface area contributed by atoms with Crippen molar-refractivity contribution in [2.45, 2.75) is 31.8 Å². The van der Waals surface area contributed by atoms with Crippen LogP contribution in [0.2, 0.25) is 0 Å². The number of hydrogen-bond acceptors (Lipinski definition) is 5. The summed E-state index contributed by atoms with van der Waals surface area (Å²) in [5, 5.41) is 8.98.